The van der Waals surface area contributed by atoms with Gasteiger partial charge in [0.2, 0.25) is 0 Å². The van der Waals surface area contributed by atoms with Crippen molar-refractivity contribution in [2.24, 2.45) is 0 Å². The van der Waals surface area contributed by atoms with E-state index in [1.54, 1.807) is 0 Å². The predicted octanol–water partition coefficient (Wildman–Crippen LogP) is 14.5. The van der Waals surface area contributed by atoms with E-state index in [9.17, 15) is 0 Å². The fraction of sp³-hybridized carbons (Fsp3) is 0.0182. The lowest BCUT2D eigenvalue weighted by atomic mass is 9.70. The van der Waals surface area contributed by atoms with E-state index in [4.69, 9.17) is 0 Å². The molecule has 0 saturated heterocycles. The maximum absolute atomic E-state index is 2.56. The molecule has 0 heterocycles. The highest BCUT2D eigenvalue weighted by Gasteiger charge is 2.52. The van der Waals surface area contributed by atoms with Crippen LogP contribution in [0.5, 0.6) is 0 Å². The minimum Gasteiger partial charge on any atom is -0.0619 e. The van der Waals surface area contributed by atoms with Crippen molar-refractivity contribution in [1.29, 1.82) is 0 Å². The van der Waals surface area contributed by atoms with E-state index >= 15 is 0 Å². The van der Waals surface area contributed by atoms with Crippen molar-refractivity contribution >= 4 is 32.3 Å². The lowest BCUT2D eigenvalue weighted by Gasteiger charge is -2.31. The zero-order valence-corrected chi connectivity index (χ0v) is 30.0. The van der Waals surface area contributed by atoms with Crippen molar-refractivity contribution in [1.82, 2.24) is 0 Å². The molecule has 0 atom stereocenters. The average Bonchev–Trinajstić information content (AvgIpc) is 3.86. The Balaban J connectivity index is 1.11. The van der Waals surface area contributed by atoms with Crippen LogP contribution in [-0.2, 0) is 5.41 Å². The molecule has 0 N–H and O–H groups in total. The number of hydrogen-bond acceptors (Lipinski definition) is 0. The summed E-state index contributed by atoms with van der Waals surface area (Å²) in [4.78, 5) is 0. The van der Waals surface area contributed by atoms with Gasteiger partial charge in [-0.3, -0.25) is 0 Å². The van der Waals surface area contributed by atoms with Crippen LogP contribution in [0.3, 0.4) is 0 Å². The molecule has 0 unspecified atom stereocenters. The average molecular weight is 693 g/mol. The molecule has 55 heavy (non-hydrogen) atoms. The molecule has 1 spiro atoms. The van der Waals surface area contributed by atoms with Gasteiger partial charge in [-0.25, -0.2) is 0 Å². The first-order valence-corrected chi connectivity index (χ1v) is 19.4. The van der Waals surface area contributed by atoms with Crippen LogP contribution in [0.2, 0.25) is 0 Å². The van der Waals surface area contributed by atoms with Crippen molar-refractivity contribution in [3.63, 3.8) is 0 Å². The highest BCUT2D eigenvalue weighted by molar-refractivity contribution is 6.19. The van der Waals surface area contributed by atoms with E-state index in [0.717, 1.165) is 0 Å². The van der Waals surface area contributed by atoms with Crippen LogP contribution in [0.15, 0.2) is 194 Å². The van der Waals surface area contributed by atoms with E-state index in [-0.39, 0.29) is 0 Å². The van der Waals surface area contributed by atoms with Crippen molar-refractivity contribution < 1.29 is 0 Å². The van der Waals surface area contributed by atoms with E-state index in [2.05, 4.69) is 194 Å². The van der Waals surface area contributed by atoms with Crippen LogP contribution in [-0.4, -0.2) is 0 Å². The molecule has 0 saturated carbocycles. The van der Waals surface area contributed by atoms with Gasteiger partial charge in [-0.2, -0.15) is 0 Å². The first-order valence-electron chi connectivity index (χ1n) is 19.4. The minimum atomic E-state index is -0.440. The summed E-state index contributed by atoms with van der Waals surface area (Å²) < 4.78 is 0. The number of benzene rings is 10. The monoisotopic (exact) mass is 692 g/mol. The zero-order valence-electron chi connectivity index (χ0n) is 30.0. The maximum atomic E-state index is 2.56. The Labute approximate surface area is 319 Å². The summed E-state index contributed by atoms with van der Waals surface area (Å²) in [5.74, 6) is 0. The summed E-state index contributed by atoms with van der Waals surface area (Å²) in [5.41, 5.74) is 20.8. The predicted molar refractivity (Wildman–Crippen MR) is 231 cm³/mol. The van der Waals surface area contributed by atoms with Gasteiger partial charge in [0.15, 0.2) is 0 Å². The van der Waals surface area contributed by atoms with Gasteiger partial charge in [0, 0.05) is 0 Å². The second-order valence-corrected chi connectivity index (χ2v) is 15.5. The Kier molecular flexibility index (Phi) is 5.65. The summed E-state index contributed by atoms with van der Waals surface area (Å²) in [6, 6.07) is 73.3. The number of fused-ring (bicyclic) bond motifs is 17. The quantitative estimate of drug-likeness (QED) is 0.169. The molecule has 0 nitrogen and oxygen atoms in total. The third-order valence-corrected chi connectivity index (χ3v) is 13.0. The van der Waals surface area contributed by atoms with Gasteiger partial charge < -0.3 is 0 Å². The largest absolute Gasteiger partial charge is 0.0726 e. The second kappa shape index (κ2) is 10.6. The maximum Gasteiger partial charge on any atom is 0.0726 e. The lowest BCUT2D eigenvalue weighted by Crippen LogP contribution is -2.26. The molecule has 0 heteroatoms. The number of rotatable bonds is 2. The zero-order chi connectivity index (χ0) is 35.8. The molecule has 0 fully saturated rings. The summed E-state index contributed by atoms with van der Waals surface area (Å²) in [5, 5.41) is 7.85. The van der Waals surface area contributed by atoms with Crippen molar-refractivity contribution in [3.05, 3.63) is 216 Å². The van der Waals surface area contributed by atoms with Crippen LogP contribution in [0.1, 0.15) is 22.3 Å². The standard InChI is InChI=1S/C55H32/c1-2-16-37-33(13-1)27-30-50-53(37)54-45-22-6-5-19-40(45)47(32-51(54)55(50)48-25-9-7-20-41(48)42-21-8-10-26-49(42)55)35-15-11-14-34(31-35)36-28-29-46-39-18-4-3-17-38(39)44-24-12-23-43(36)52(44)46/h1-32H. The Morgan fingerprint density at radius 3 is 1.55 bits per heavy atom. The molecule has 0 aromatic heterocycles. The molecule has 0 radical (unpaired) electrons. The van der Waals surface area contributed by atoms with Crippen LogP contribution in [0, 0.1) is 0 Å². The van der Waals surface area contributed by atoms with Gasteiger partial charge in [0.05, 0.1) is 5.41 Å². The molecule has 10 aromatic rings. The fourth-order valence-electron chi connectivity index (χ4n) is 10.9. The fourth-order valence-corrected chi connectivity index (χ4v) is 10.9. The Hall–Kier alpha value is -7.02. The lowest BCUT2D eigenvalue weighted by molar-refractivity contribution is 0.795. The minimum absolute atomic E-state index is 0.440. The molecular weight excluding hydrogens is 661 g/mol. The summed E-state index contributed by atoms with van der Waals surface area (Å²) >= 11 is 0. The third kappa shape index (κ3) is 3.62. The highest BCUT2D eigenvalue weighted by atomic mass is 14.5. The van der Waals surface area contributed by atoms with Crippen LogP contribution >= 0.6 is 0 Å². The van der Waals surface area contributed by atoms with Crippen molar-refractivity contribution in [2.45, 2.75) is 5.41 Å². The Morgan fingerprint density at radius 2 is 0.782 bits per heavy atom. The molecule has 0 aliphatic heterocycles. The van der Waals surface area contributed by atoms with Crippen LogP contribution in [0.25, 0.3) is 99.1 Å². The second-order valence-electron chi connectivity index (χ2n) is 15.5. The van der Waals surface area contributed by atoms with Gasteiger partial charge in [-0.15, -0.1) is 0 Å². The van der Waals surface area contributed by atoms with Crippen LogP contribution in [0.4, 0.5) is 0 Å². The van der Waals surface area contributed by atoms with Crippen LogP contribution < -0.4 is 0 Å². The van der Waals surface area contributed by atoms with Gasteiger partial charge >= 0.3 is 0 Å². The molecule has 0 bridgehead atoms. The molecule has 252 valence electrons. The van der Waals surface area contributed by atoms with Crippen molar-refractivity contribution in [2.75, 3.05) is 0 Å². The Bertz CT molecular complexity index is 3250. The van der Waals surface area contributed by atoms with E-state index < -0.39 is 5.41 Å². The first-order chi connectivity index (χ1) is 27.3. The molecule has 10 aromatic carbocycles. The summed E-state index contributed by atoms with van der Waals surface area (Å²) in [7, 11) is 0. The highest BCUT2D eigenvalue weighted by Crippen LogP contribution is 2.65. The molecule has 0 amide bonds. The number of hydrogen-bond donors (Lipinski definition) is 0. The SMILES string of the molecule is c1cc(-c2cc3c(c4ccccc24)-c2c(ccc4ccccc24)C32c3ccccc3-c3ccccc32)cc(-c2ccc3c4c(cccc24)-c2ccccc2-3)c1. The third-order valence-electron chi connectivity index (χ3n) is 13.0. The van der Waals surface area contributed by atoms with Gasteiger partial charge in [-0.05, 0) is 133 Å². The van der Waals surface area contributed by atoms with E-state index in [1.165, 1.54) is 121 Å². The molecule has 3 aliphatic rings. The normalized spacial score (nSPS) is 13.6. The topological polar surface area (TPSA) is 0 Å². The summed E-state index contributed by atoms with van der Waals surface area (Å²) in [6.07, 6.45) is 0. The molecule has 13 rings (SSSR count). The first kappa shape index (κ1) is 29.4. The Morgan fingerprint density at radius 1 is 0.255 bits per heavy atom. The van der Waals surface area contributed by atoms with E-state index in [0.29, 0.717) is 0 Å². The molecule has 3 aliphatic carbocycles. The van der Waals surface area contributed by atoms with Gasteiger partial charge in [0.25, 0.3) is 0 Å². The smallest absolute Gasteiger partial charge is 0.0619 e. The summed E-state index contributed by atoms with van der Waals surface area (Å²) in [6.45, 7) is 0. The van der Waals surface area contributed by atoms with Crippen molar-refractivity contribution in [3.8, 4) is 66.8 Å². The molecular formula is C55H32. The van der Waals surface area contributed by atoms with Gasteiger partial charge in [0.1, 0.15) is 0 Å². The van der Waals surface area contributed by atoms with Gasteiger partial charge in [-0.1, -0.05) is 182 Å². The van der Waals surface area contributed by atoms with E-state index in [1.807, 2.05) is 0 Å².